The van der Waals surface area contributed by atoms with Gasteiger partial charge < -0.3 is 10.2 Å². The highest BCUT2D eigenvalue weighted by Gasteiger charge is 2.08. The van der Waals surface area contributed by atoms with E-state index in [1.54, 1.807) is 12.3 Å². The first-order valence-corrected chi connectivity index (χ1v) is 6.71. The molecule has 0 aromatic carbocycles. The minimum absolute atomic E-state index is 0.0304. The summed E-state index contributed by atoms with van der Waals surface area (Å²) in [5.41, 5.74) is 0. The summed E-state index contributed by atoms with van der Waals surface area (Å²) in [5.74, 6) is -0.0304. The Bertz CT molecular complexity index is 384. The van der Waals surface area contributed by atoms with E-state index in [9.17, 15) is 4.79 Å². The molecular weight excluding hydrogens is 240 g/mol. The lowest BCUT2D eigenvalue weighted by molar-refractivity contribution is -0.116. The molecule has 1 unspecified atom stereocenters. The summed E-state index contributed by atoms with van der Waals surface area (Å²) >= 11 is 0. The van der Waals surface area contributed by atoms with Crippen LogP contribution < -0.4 is 5.32 Å². The molecule has 1 atom stereocenters. The molecule has 0 aliphatic heterocycles. The minimum atomic E-state index is -0.0304. The number of carbonyl (C=O) groups is 1. The number of nitrogens with zero attached hydrogens (tertiary/aromatic N) is 3. The van der Waals surface area contributed by atoms with Gasteiger partial charge >= 0.3 is 0 Å². The van der Waals surface area contributed by atoms with Crippen molar-refractivity contribution in [2.75, 3.05) is 27.2 Å². The molecule has 0 spiro atoms. The molecule has 1 rings (SSSR count). The molecule has 1 heterocycles. The molecule has 1 N–H and O–H groups in total. The summed E-state index contributed by atoms with van der Waals surface area (Å²) in [6.07, 6.45) is 9.10. The second-order valence-corrected chi connectivity index (χ2v) is 4.79. The number of rotatable bonds is 8. The fourth-order valence-corrected chi connectivity index (χ4v) is 1.81. The Kier molecular flexibility index (Phi) is 6.89. The number of nitrogens with one attached hydrogen (secondary N) is 1. The average molecular weight is 264 g/mol. The molecule has 1 aromatic heterocycles. The first kappa shape index (κ1) is 15.4. The number of carbonyl (C=O) groups excluding carboxylic acids is 1. The SMILES string of the molecule is CCC(CCNC(=O)/C=C/CN(C)C)n1cccn1. The second-order valence-electron chi connectivity index (χ2n) is 4.79. The van der Waals surface area contributed by atoms with Crippen LogP contribution in [-0.4, -0.2) is 47.8 Å². The first-order valence-electron chi connectivity index (χ1n) is 6.71. The van der Waals surface area contributed by atoms with Gasteiger partial charge in [-0.3, -0.25) is 9.48 Å². The minimum Gasteiger partial charge on any atom is -0.352 e. The number of hydrogen-bond acceptors (Lipinski definition) is 3. The maximum Gasteiger partial charge on any atom is 0.243 e. The predicted molar refractivity (Wildman–Crippen MR) is 76.9 cm³/mol. The van der Waals surface area contributed by atoms with Crippen molar-refractivity contribution in [1.82, 2.24) is 20.0 Å². The van der Waals surface area contributed by atoms with Gasteiger partial charge in [0.25, 0.3) is 0 Å². The maximum atomic E-state index is 11.5. The summed E-state index contributed by atoms with van der Waals surface area (Å²) in [7, 11) is 3.94. The van der Waals surface area contributed by atoms with E-state index in [0.717, 1.165) is 19.4 Å². The Hall–Kier alpha value is -1.62. The van der Waals surface area contributed by atoms with Crippen molar-refractivity contribution in [1.29, 1.82) is 0 Å². The smallest absolute Gasteiger partial charge is 0.243 e. The van der Waals surface area contributed by atoms with Crippen LogP contribution >= 0.6 is 0 Å². The van der Waals surface area contributed by atoms with E-state index in [2.05, 4.69) is 17.3 Å². The molecule has 1 amide bonds. The van der Waals surface area contributed by atoms with Gasteiger partial charge in [-0.2, -0.15) is 5.10 Å². The van der Waals surface area contributed by atoms with Gasteiger partial charge in [0, 0.05) is 31.6 Å². The van der Waals surface area contributed by atoms with Crippen molar-refractivity contribution in [3.05, 3.63) is 30.6 Å². The summed E-state index contributed by atoms with van der Waals surface area (Å²) in [4.78, 5) is 13.6. The van der Waals surface area contributed by atoms with Gasteiger partial charge in [0.15, 0.2) is 0 Å². The first-order chi connectivity index (χ1) is 9.13. The quantitative estimate of drug-likeness (QED) is 0.723. The van der Waals surface area contributed by atoms with E-state index < -0.39 is 0 Å². The van der Waals surface area contributed by atoms with Crippen molar-refractivity contribution >= 4 is 5.91 Å². The Morgan fingerprint density at radius 1 is 1.53 bits per heavy atom. The third-order valence-corrected chi connectivity index (χ3v) is 2.89. The fourth-order valence-electron chi connectivity index (χ4n) is 1.81. The van der Waals surface area contributed by atoms with Crippen LogP contribution in [-0.2, 0) is 4.79 Å². The molecule has 0 saturated carbocycles. The van der Waals surface area contributed by atoms with Gasteiger partial charge in [-0.05, 0) is 33.0 Å². The Balaban J connectivity index is 2.25. The van der Waals surface area contributed by atoms with Crippen LogP contribution in [0.3, 0.4) is 0 Å². The maximum absolute atomic E-state index is 11.5. The van der Waals surface area contributed by atoms with Crippen LogP contribution in [0.15, 0.2) is 30.6 Å². The van der Waals surface area contributed by atoms with Crippen LogP contribution in [0, 0.1) is 0 Å². The number of hydrogen-bond donors (Lipinski definition) is 1. The van der Waals surface area contributed by atoms with Crippen LogP contribution in [0.25, 0.3) is 0 Å². The third-order valence-electron chi connectivity index (χ3n) is 2.89. The molecule has 0 saturated heterocycles. The monoisotopic (exact) mass is 264 g/mol. The van der Waals surface area contributed by atoms with E-state index in [4.69, 9.17) is 0 Å². The second kappa shape index (κ2) is 8.48. The molecular formula is C14H24N4O. The van der Waals surface area contributed by atoms with E-state index in [0.29, 0.717) is 12.6 Å². The molecule has 0 radical (unpaired) electrons. The van der Waals surface area contributed by atoms with Crippen LogP contribution in [0.1, 0.15) is 25.8 Å². The van der Waals surface area contributed by atoms with Crippen LogP contribution in [0.5, 0.6) is 0 Å². The number of amides is 1. The third kappa shape index (κ3) is 6.20. The van der Waals surface area contributed by atoms with Gasteiger partial charge in [0.2, 0.25) is 5.91 Å². The Labute approximate surface area is 115 Å². The summed E-state index contributed by atoms with van der Waals surface area (Å²) < 4.78 is 1.95. The van der Waals surface area contributed by atoms with Gasteiger partial charge in [0.05, 0.1) is 6.04 Å². The lowest BCUT2D eigenvalue weighted by Gasteiger charge is -2.15. The zero-order valence-electron chi connectivity index (χ0n) is 12.0. The predicted octanol–water partition coefficient (Wildman–Crippen LogP) is 1.46. The molecule has 1 aromatic rings. The molecule has 0 bridgehead atoms. The highest BCUT2D eigenvalue weighted by Crippen LogP contribution is 2.13. The zero-order valence-corrected chi connectivity index (χ0v) is 12.0. The zero-order chi connectivity index (χ0) is 14.1. The molecule has 0 aliphatic carbocycles. The van der Waals surface area contributed by atoms with E-state index >= 15 is 0 Å². The normalized spacial score (nSPS) is 13.1. The van der Waals surface area contributed by atoms with Crippen molar-refractivity contribution in [2.24, 2.45) is 0 Å². The van der Waals surface area contributed by atoms with Gasteiger partial charge in [-0.25, -0.2) is 0 Å². The Morgan fingerprint density at radius 3 is 2.89 bits per heavy atom. The molecule has 106 valence electrons. The molecule has 5 heteroatoms. The lowest BCUT2D eigenvalue weighted by Crippen LogP contribution is -2.25. The van der Waals surface area contributed by atoms with E-state index in [1.165, 1.54) is 0 Å². The van der Waals surface area contributed by atoms with Crippen molar-refractivity contribution in [3.63, 3.8) is 0 Å². The van der Waals surface area contributed by atoms with Crippen LogP contribution in [0.4, 0.5) is 0 Å². The number of aromatic nitrogens is 2. The summed E-state index contributed by atoms with van der Waals surface area (Å²) in [5, 5.41) is 7.14. The summed E-state index contributed by atoms with van der Waals surface area (Å²) in [6.45, 7) is 3.58. The highest BCUT2D eigenvalue weighted by atomic mass is 16.1. The fraction of sp³-hybridized carbons (Fsp3) is 0.571. The van der Waals surface area contributed by atoms with Crippen molar-refractivity contribution < 1.29 is 4.79 Å². The van der Waals surface area contributed by atoms with Crippen LogP contribution in [0.2, 0.25) is 0 Å². The molecule has 0 fully saturated rings. The average Bonchev–Trinajstić information content (AvgIpc) is 2.88. The van der Waals surface area contributed by atoms with Gasteiger partial charge in [-0.1, -0.05) is 13.0 Å². The molecule has 0 aliphatic rings. The molecule has 5 nitrogen and oxygen atoms in total. The van der Waals surface area contributed by atoms with Crippen molar-refractivity contribution in [2.45, 2.75) is 25.8 Å². The standard InChI is InChI=1S/C14H24N4O/c1-4-13(18-12-6-9-16-18)8-10-15-14(19)7-5-11-17(2)3/h5-7,9,12-13H,4,8,10-11H2,1-3H3,(H,15,19)/b7-5+. The van der Waals surface area contributed by atoms with Crippen molar-refractivity contribution in [3.8, 4) is 0 Å². The topological polar surface area (TPSA) is 50.2 Å². The van der Waals surface area contributed by atoms with E-state index in [1.807, 2.05) is 42.0 Å². The summed E-state index contributed by atoms with van der Waals surface area (Å²) in [6, 6.07) is 2.27. The molecule has 19 heavy (non-hydrogen) atoms. The van der Waals surface area contributed by atoms with Gasteiger partial charge in [-0.15, -0.1) is 0 Å². The lowest BCUT2D eigenvalue weighted by atomic mass is 10.1. The van der Waals surface area contributed by atoms with Gasteiger partial charge in [0.1, 0.15) is 0 Å². The Morgan fingerprint density at radius 2 is 2.32 bits per heavy atom. The highest BCUT2D eigenvalue weighted by molar-refractivity contribution is 5.87. The largest absolute Gasteiger partial charge is 0.352 e. The van der Waals surface area contributed by atoms with E-state index in [-0.39, 0.29) is 5.91 Å². The number of likely N-dealkylation sites (N-methyl/N-ethyl adjacent to an activating group) is 1.